The average molecular weight is 364 g/mol. The molecule has 1 aliphatic heterocycles. The van der Waals surface area contributed by atoms with Gasteiger partial charge >= 0.3 is 0 Å². The lowest BCUT2D eigenvalue weighted by Gasteiger charge is -2.20. The molecule has 0 fully saturated rings. The minimum Gasteiger partial charge on any atom is -0.301 e. The first-order valence-electron chi connectivity index (χ1n) is 7.26. The number of rotatable bonds is 2. The molecule has 1 aliphatic rings. The summed E-state index contributed by atoms with van der Waals surface area (Å²) >= 11 is 9.04. The first-order valence-corrected chi connectivity index (χ1v) is 9.27. The third-order valence-electron chi connectivity index (χ3n) is 3.84. The van der Waals surface area contributed by atoms with E-state index in [2.05, 4.69) is 22.2 Å². The lowest BCUT2D eigenvalue weighted by molar-refractivity contribution is 0.103. The van der Waals surface area contributed by atoms with Crippen molar-refractivity contribution in [1.29, 1.82) is 0 Å². The van der Waals surface area contributed by atoms with Crippen LogP contribution in [-0.4, -0.2) is 29.4 Å². The molecule has 7 heteroatoms. The highest BCUT2D eigenvalue weighted by Gasteiger charge is 2.20. The maximum Gasteiger partial charge on any atom is 0.267 e. The highest BCUT2D eigenvalue weighted by molar-refractivity contribution is 7.21. The molecule has 3 heterocycles. The van der Waals surface area contributed by atoms with E-state index in [0.717, 1.165) is 35.3 Å². The van der Waals surface area contributed by atoms with Crippen molar-refractivity contribution in [2.75, 3.05) is 18.9 Å². The summed E-state index contributed by atoms with van der Waals surface area (Å²) in [6, 6.07) is 7.54. The van der Waals surface area contributed by atoms with E-state index in [1.54, 1.807) is 11.3 Å². The van der Waals surface area contributed by atoms with Gasteiger partial charge in [-0.05, 0) is 36.7 Å². The number of hydrogen-bond donors (Lipinski definition) is 1. The topological polar surface area (TPSA) is 45.2 Å². The number of thiophene rings is 1. The molecular weight excluding hydrogens is 350 g/mol. The lowest BCUT2D eigenvalue weighted by atomic mass is 10.2. The lowest BCUT2D eigenvalue weighted by Crippen LogP contribution is -2.25. The molecule has 118 valence electrons. The van der Waals surface area contributed by atoms with E-state index >= 15 is 0 Å². The second-order valence-corrected chi connectivity index (χ2v) is 8.23. The molecule has 0 saturated heterocycles. The van der Waals surface area contributed by atoms with Gasteiger partial charge in [0, 0.05) is 34.1 Å². The quantitative estimate of drug-likeness (QED) is 0.740. The summed E-state index contributed by atoms with van der Waals surface area (Å²) in [5.74, 6) is -0.109. The Hall–Kier alpha value is -1.47. The van der Waals surface area contributed by atoms with Crippen LogP contribution < -0.4 is 5.32 Å². The van der Waals surface area contributed by atoms with Gasteiger partial charge in [0.15, 0.2) is 5.13 Å². The molecule has 2 aromatic heterocycles. The highest BCUT2D eigenvalue weighted by atomic mass is 35.5. The Morgan fingerprint density at radius 3 is 3.09 bits per heavy atom. The number of benzene rings is 1. The van der Waals surface area contributed by atoms with E-state index in [0.29, 0.717) is 15.0 Å². The molecule has 0 saturated carbocycles. The van der Waals surface area contributed by atoms with Crippen molar-refractivity contribution in [3.63, 3.8) is 0 Å². The Labute approximate surface area is 146 Å². The fraction of sp³-hybridized carbons (Fsp3) is 0.250. The minimum absolute atomic E-state index is 0.109. The minimum atomic E-state index is -0.109. The van der Waals surface area contributed by atoms with Crippen molar-refractivity contribution in [2.24, 2.45) is 0 Å². The number of hydrogen-bond acceptors (Lipinski definition) is 5. The van der Waals surface area contributed by atoms with Crippen LogP contribution in [0.25, 0.3) is 10.1 Å². The van der Waals surface area contributed by atoms with E-state index in [1.165, 1.54) is 16.2 Å². The second-order valence-electron chi connectivity index (χ2n) is 5.62. The van der Waals surface area contributed by atoms with Crippen molar-refractivity contribution in [1.82, 2.24) is 9.88 Å². The van der Waals surface area contributed by atoms with Crippen LogP contribution in [0.5, 0.6) is 0 Å². The molecule has 23 heavy (non-hydrogen) atoms. The predicted octanol–water partition coefficient (Wildman–Crippen LogP) is 4.25. The number of nitrogens with one attached hydrogen (secondary N) is 1. The molecule has 0 aliphatic carbocycles. The summed E-state index contributed by atoms with van der Waals surface area (Å²) in [7, 11) is 2.10. The number of carbonyl (C=O) groups is 1. The molecule has 0 atom stereocenters. The number of anilines is 1. The zero-order valence-electron chi connectivity index (χ0n) is 12.4. The molecule has 0 spiro atoms. The van der Waals surface area contributed by atoms with Crippen LogP contribution in [0, 0.1) is 0 Å². The molecule has 1 N–H and O–H groups in total. The normalized spacial score (nSPS) is 14.9. The van der Waals surface area contributed by atoms with Crippen molar-refractivity contribution in [3.8, 4) is 0 Å². The van der Waals surface area contributed by atoms with Gasteiger partial charge in [0.1, 0.15) is 0 Å². The molecule has 4 rings (SSSR count). The summed E-state index contributed by atoms with van der Waals surface area (Å²) in [6.07, 6.45) is 0.944. The molecule has 0 radical (unpaired) electrons. The van der Waals surface area contributed by atoms with Crippen LogP contribution >= 0.6 is 34.3 Å². The number of fused-ring (bicyclic) bond motifs is 2. The van der Waals surface area contributed by atoms with Crippen LogP contribution in [0.4, 0.5) is 5.13 Å². The molecule has 1 amide bonds. The van der Waals surface area contributed by atoms with Crippen molar-refractivity contribution in [3.05, 3.63) is 44.7 Å². The molecular formula is C16H14ClN3OS2. The van der Waals surface area contributed by atoms with Gasteiger partial charge in [-0.15, -0.1) is 22.7 Å². The maximum absolute atomic E-state index is 12.5. The third kappa shape index (κ3) is 2.99. The second kappa shape index (κ2) is 5.87. The van der Waals surface area contributed by atoms with Crippen molar-refractivity contribution >= 4 is 55.4 Å². The third-order valence-corrected chi connectivity index (χ3v) is 6.19. The van der Waals surface area contributed by atoms with Gasteiger partial charge in [-0.25, -0.2) is 4.98 Å². The fourth-order valence-corrected chi connectivity index (χ4v) is 4.86. The van der Waals surface area contributed by atoms with Gasteiger partial charge in [0.05, 0.1) is 10.6 Å². The molecule has 4 nitrogen and oxygen atoms in total. The number of aromatic nitrogens is 1. The smallest absolute Gasteiger partial charge is 0.267 e. The number of carbonyl (C=O) groups excluding carboxylic acids is 1. The van der Waals surface area contributed by atoms with Crippen molar-refractivity contribution in [2.45, 2.75) is 13.0 Å². The van der Waals surface area contributed by atoms with E-state index in [1.807, 2.05) is 24.3 Å². The van der Waals surface area contributed by atoms with E-state index in [4.69, 9.17) is 11.6 Å². The first-order chi connectivity index (χ1) is 11.1. The Bertz CT molecular complexity index is 902. The SMILES string of the molecule is CN1CCc2nc(NC(=O)c3cc4cc(Cl)ccc4s3)sc2C1. The Morgan fingerprint density at radius 1 is 1.35 bits per heavy atom. The summed E-state index contributed by atoms with van der Waals surface area (Å²) in [4.78, 5) is 21.2. The summed E-state index contributed by atoms with van der Waals surface area (Å²) in [5, 5.41) is 5.29. The summed E-state index contributed by atoms with van der Waals surface area (Å²) in [6.45, 7) is 1.92. The zero-order valence-corrected chi connectivity index (χ0v) is 14.8. The van der Waals surface area contributed by atoms with E-state index < -0.39 is 0 Å². The summed E-state index contributed by atoms with van der Waals surface area (Å²) in [5.41, 5.74) is 1.12. The monoisotopic (exact) mass is 363 g/mol. The highest BCUT2D eigenvalue weighted by Crippen LogP contribution is 2.31. The van der Waals surface area contributed by atoms with Crippen LogP contribution in [0.2, 0.25) is 5.02 Å². The Morgan fingerprint density at radius 2 is 2.22 bits per heavy atom. The van der Waals surface area contributed by atoms with E-state index in [-0.39, 0.29) is 5.91 Å². The molecule has 0 unspecified atom stereocenters. The number of amides is 1. The van der Waals surface area contributed by atoms with Gasteiger partial charge in [-0.3, -0.25) is 10.1 Å². The standard InChI is InChI=1S/C16H14ClN3OS2/c1-20-5-4-11-14(8-20)23-16(18-11)19-15(21)13-7-9-6-10(17)2-3-12(9)22-13/h2-3,6-7H,4-5,8H2,1H3,(H,18,19,21). The van der Waals surface area contributed by atoms with Gasteiger partial charge in [0.25, 0.3) is 5.91 Å². The van der Waals surface area contributed by atoms with Gasteiger partial charge < -0.3 is 4.90 Å². The van der Waals surface area contributed by atoms with Crippen LogP contribution in [0.3, 0.4) is 0 Å². The Balaban J connectivity index is 1.57. The van der Waals surface area contributed by atoms with Crippen LogP contribution in [-0.2, 0) is 13.0 Å². The van der Waals surface area contributed by atoms with E-state index in [9.17, 15) is 4.79 Å². The fourth-order valence-electron chi connectivity index (χ4n) is 2.66. The number of likely N-dealkylation sites (N-methyl/N-ethyl adjacent to an activating group) is 1. The van der Waals surface area contributed by atoms with Crippen molar-refractivity contribution < 1.29 is 4.79 Å². The largest absolute Gasteiger partial charge is 0.301 e. The number of thiazole rings is 1. The Kier molecular flexibility index (Phi) is 3.85. The van der Waals surface area contributed by atoms with Gasteiger partial charge in [-0.1, -0.05) is 11.6 Å². The van der Waals surface area contributed by atoms with Crippen LogP contribution in [0.1, 0.15) is 20.2 Å². The zero-order chi connectivity index (χ0) is 16.0. The van der Waals surface area contributed by atoms with Gasteiger partial charge in [0.2, 0.25) is 0 Å². The average Bonchev–Trinajstić information content (AvgIpc) is 3.09. The molecule has 0 bridgehead atoms. The van der Waals surface area contributed by atoms with Crippen LogP contribution in [0.15, 0.2) is 24.3 Å². The molecule has 1 aromatic carbocycles. The molecule has 3 aromatic rings. The predicted molar refractivity (Wildman–Crippen MR) is 96.9 cm³/mol. The number of halogens is 1. The summed E-state index contributed by atoms with van der Waals surface area (Å²) < 4.78 is 1.06. The first kappa shape index (κ1) is 15.1. The number of nitrogens with zero attached hydrogens (tertiary/aromatic N) is 2. The van der Waals surface area contributed by atoms with Gasteiger partial charge in [-0.2, -0.15) is 0 Å². The maximum atomic E-state index is 12.5.